The number of rotatable bonds is 31. The summed E-state index contributed by atoms with van der Waals surface area (Å²) in [7, 11) is 0. The summed E-state index contributed by atoms with van der Waals surface area (Å²) in [5.74, 6) is -0.211. The van der Waals surface area contributed by atoms with Crippen LogP contribution in [0.5, 0.6) is 0 Å². The lowest BCUT2D eigenvalue weighted by atomic mass is 10.0. The summed E-state index contributed by atoms with van der Waals surface area (Å²) in [6, 6.07) is 0. The van der Waals surface area contributed by atoms with Crippen molar-refractivity contribution in [2.45, 2.75) is 180 Å². The maximum absolute atomic E-state index is 12.0. The van der Waals surface area contributed by atoms with Crippen molar-refractivity contribution in [2.75, 3.05) is 19.8 Å². The Hall–Kier alpha value is -0.870. The first-order valence-corrected chi connectivity index (χ1v) is 16.8. The van der Waals surface area contributed by atoms with E-state index in [1.807, 2.05) is 0 Å². The first-order chi connectivity index (χ1) is 18.7. The van der Waals surface area contributed by atoms with Gasteiger partial charge < -0.3 is 14.6 Å². The molecule has 0 saturated carbocycles. The summed E-state index contributed by atoms with van der Waals surface area (Å²) >= 11 is 0. The Kier molecular flexibility index (Phi) is 31.6. The summed E-state index contributed by atoms with van der Waals surface area (Å²) in [6.45, 7) is 5.29. The highest BCUT2D eigenvalue weighted by Gasteiger charge is 2.13. The molecule has 0 spiro atoms. The van der Waals surface area contributed by atoms with Crippen LogP contribution < -0.4 is 0 Å². The number of esters is 1. The number of aliphatic hydroxyl groups is 1. The molecule has 4 nitrogen and oxygen atoms in total. The lowest BCUT2D eigenvalue weighted by molar-refractivity contribution is -0.154. The highest BCUT2D eigenvalue weighted by atomic mass is 16.6. The van der Waals surface area contributed by atoms with Gasteiger partial charge in [-0.25, -0.2) is 0 Å². The highest BCUT2D eigenvalue weighted by molar-refractivity contribution is 5.69. The number of carbonyl (C=O) groups is 1. The summed E-state index contributed by atoms with van der Waals surface area (Å²) < 4.78 is 11.1. The Morgan fingerprint density at radius 1 is 0.605 bits per heavy atom. The minimum Gasteiger partial charge on any atom is -0.457 e. The van der Waals surface area contributed by atoms with E-state index in [1.165, 1.54) is 135 Å². The molecule has 1 atom stereocenters. The van der Waals surface area contributed by atoms with Crippen molar-refractivity contribution in [3.05, 3.63) is 12.2 Å². The minimum absolute atomic E-state index is 0.170. The molecule has 4 heteroatoms. The molecule has 0 aliphatic heterocycles. The van der Waals surface area contributed by atoms with E-state index in [-0.39, 0.29) is 12.6 Å². The molecule has 0 heterocycles. The molecular weight excluding hydrogens is 472 g/mol. The number of carbonyl (C=O) groups excluding carboxylic acids is 1. The Balaban J connectivity index is 3.39. The van der Waals surface area contributed by atoms with Crippen LogP contribution in [0.15, 0.2) is 12.2 Å². The van der Waals surface area contributed by atoms with Gasteiger partial charge in [-0.2, -0.15) is 0 Å². The Bertz CT molecular complexity index is 491. The van der Waals surface area contributed by atoms with Gasteiger partial charge in [-0.3, -0.25) is 4.79 Å². The Morgan fingerprint density at radius 2 is 1.08 bits per heavy atom. The lowest BCUT2D eigenvalue weighted by Gasteiger charge is -2.15. The van der Waals surface area contributed by atoms with Gasteiger partial charge in [0.05, 0.1) is 13.2 Å². The molecule has 0 amide bonds. The number of aliphatic hydroxyl groups excluding tert-OH is 1. The number of allylic oxidation sites excluding steroid dienone is 2. The van der Waals surface area contributed by atoms with E-state index < -0.39 is 6.10 Å². The van der Waals surface area contributed by atoms with Gasteiger partial charge in [0.25, 0.3) is 0 Å². The molecule has 1 unspecified atom stereocenters. The molecule has 226 valence electrons. The molecule has 1 N–H and O–H groups in total. The third-order valence-electron chi connectivity index (χ3n) is 7.32. The van der Waals surface area contributed by atoms with E-state index in [9.17, 15) is 9.90 Å². The van der Waals surface area contributed by atoms with E-state index in [0.29, 0.717) is 19.6 Å². The molecule has 0 fully saturated rings. The fraction of sp³-hybridized carbons (Fsp3) is 0.912. The zero-order valence-electron chi connectivity index (χ0n) is 25.7. The SMILES string of the molecule is CCC/C=C\CCCCCCCC(=O)OC(CO)COCCCCCCCCCCCCCCCCCC. The van der Waals surface area contributed by atoms with Crippen LogP contribution >= 0.6 is 0 Å². The smallest absolute Gasteiger partial charge is 0.306 e. The third-order valence-corrected chi connectivity index (χ3v) is 7.32. The van der Waals surface area contributed by atoms with Gasteiger partial charge in [-0.15, -0.1) is 0 Å². The van der Waals surface area contributed by atoms with Gasteiger partial charge in [-0.05, 0) is 32.1 Å². The fourth-order valence-electron chi connectivity index (χ4n) is 4.80. The average Bonchev–Trinajstić information content (AvgIpc) is 2.92. The number of ether oxygens (including phenoxy) is 2. The second kappa shape index (κ2) is 32.3. The van der Waals surface area contributed by atoms with Crippen molar-refractivity contribution >= 4 is 5.97 Å². The van der Waals surface area contributed by atoms with Crippen molar-refractivity contribution in [1.29, 1.82) is 0 Å². The van der Waals surface area contributed by atoms with Gasteiger partial charge in [0, 0.05) is 13.0 Å². The van der Waals surface area contributed by atoms with Gasteiger partial charge in [0.2, 0.25) is 0 Å². The van der Waals surface area contributed by atoms with Crippen LogP contribution in [-0.4, -0.2) is 37.0 Å². The van der Waals surface area contributed by atoms with Gasteiger partial charge in [0.1, 0.15) is 6.10 Å². The summed E-state index contributed by atoms with van der Waals surface area (Å²) in [4.78, 5) is 12.0. The summed E-state index contributed by atoms with van der Waals surface area (Å²) in [5.41, 5.74) is 0. The van der Waals surface area contributed by atoms with E-state index >= 15 is 0 Å². The monoisotopic (exact) mass is 538 g/mol. The largest absolute Gasteiger partial charge is 0.457 e. The zero-order chi connectivity index (χ0) is 27.8. The second-order valence-electron chi connectivity index (χ2n) is 11.2. The zero-order valence-corrected chi connectivity index (χ0v) is 25.7. The molecular formula is C34H66O4. The maximum Gasteiger partial charge on any atom is 0.306 e. The van der Waals surface area contributed by atoms with Crippen LogP contribution in [0, 0.1) is 0 Å². The number of hydrogen-bond donors (Lipinski definition) is 1. The van der Waals surface area contributed by atoms with E-state index in [1.54, 1.807) is 0 Å². The third kappa shape index (κ3) is 29.7. The second-order valence-corrected chi connectivity index (χ2v) is 11.2. The quantitative estimate of drug-likeness (QED) is 0.0542. The predicted octanol–water partition coefficient (Wildman–Crippen LogP) is 10.3. The van der Waals surface area contributed by atoms with Gasteiger partial charge in [0.15, 0.2) is 0 Å². The summed E-state index contributed by atoms with van der Waals surface area (Å²) in [5, 5.41) is 9.50. The van der Waals surface area contributed by atoms with Crippen LogP contribution in [0.2, 0.25) is 0 Å². The normalized spacial score (nSPS) is 12.4. The molecule has 0 aromatic heterocycles. The average molecular weight is 539 g/mol. The van der Waals surface area contributed by atoms with Crippen molar-refractivity contribution in [3.8, 4) is 0 Å². The van der Waals surface area contributed by atoms with Crippen LogP contribution in [-0.2, 0) is 14.3 Å². The molecule has 38 heavy (non-hydrogen) atoms. The molecule has 0 aromatic rings. The van der Waals surface area contributed by atoms with Crippen molar-refractivity contribution < 1.29 is 19.4 Å². The van der Waals surface area contributed by atoms with Crippen molar-refractivity contribution in [2.24, 2.45) is 0 Å². The molecule has 0 saturated heterocycles. The molecule has 0 radical (unpaired) electrons. The molecule has 0 rings (SSSR count). The van der Waals surface area contributed by atoms with Crippen LogP contribution in [0.4, 0.5) is 0 Å². The molecule has 0 aliphatic carbocycles. The molecule has 0 aromatic carbocycles. The topological polar surface area (TPSA) is 55.8 Å². The number of unbranched alkanes of at least 4 members (excludes halogenated alkanes) is 21. The molecule has 0 aliphatic rings. The Labute approximate surface area is 237 Å². The van der Waals surface area contributed by atoms with E-state index in [4.69, 9.17) is 9.47 Å². The van der Waals surface area contributed by atoms with E-state index in [2.05, 4.69) is 26.0 Å². The fourth-order valence-corrected chi connectivity index (χ4v) is 4.80. The van der Waals surface area contributed by atoms with Crippen LogP contribution in [0.1, 0.15) is 174 Å². The Morgan fingerprint density at radius 3 is 1.61 bits per heavy atom. The molecule has 0 bridgehead atoms. The minimum atomic E-state index is -0.529. The van der Waals surface area contributed by atoms with Crippen molar-refractivity contribution in [1.82, 2.24) is 0 Å². The van der Waals surface area contributed by atoms with Crippen LogP contribution in [0.25, 0.3) is 0 Å². The van der Waals surface area contributed by atoms with Crippen molar-refractivity contribution in [3.63, 3.8) is 0 Å². The first-order valence-electron chi connectivity index (χ1n) is 16.8. The van der Waals surface area contributed by atoms with Crippen LogP contribution in [0.3, 0.4) is 0 Å². The maximum atomic E-state index is 12.0. The van der Waals surface area contributed by atoms with Gasteiger partial charge >= 0.3 is 5.97 Å². The van der Waals surface area contributed by atoms with E-state index in [0.717, 1.165) is 19.3 Å². The predicted molar refractivity (Wildman–Crippen MR) is 164 cm³/mol. The standard InChI is InChI=1S/C34H66O4/c1-3-5-7-9-11-13-15-16-17-18-19-20-22-24-26-28-30-37-32-33(31-35)38-34(36)29-27-25-23-21-14-12-10-8-6-4-2/h8,10,33,35H,3-7,9,11-32H2,1-2H3/b10-8-. The van der Waals surface area contributed by atoms with Gasteiger partial charge in [-0.1, -0.05) is 148 Å². The lowest BCUT2D eigenvalue weighted by Crippen LogP contribution is -2.27. The summed E-state index contributed by atoms with van der Waals surface area (Å²) in [6.07, 6.45) is 35.3. The number of hydrogen-bond acceptors (Lipinski definition) is 4. The highest BCUT2D eigenvalue weighted by Crippen LogP contribution is 2.14. The first kappa shape index (κ1) is 37.1.